The number of piperidine rings is 9. The number of pyridine rings is 3. The first-order chi connectivity index (χ1) is 46.4. The molecule has 3 aromatic heterocycles. The van der Waals surface area contributed by atoms with Gasteiger partial charge < -0.3 is 35.5 Å². The Labute approximate surface area is 561 Å². The minimum atomic E-state index is -4.55. The van der Waals surface area contributed by atoms with Crippen molar-refractivity contribution >= 4 is 61.1 Å². The molecule has 0 spiro atoms. The maximum absolute atomic E-state index is 13.8. The van der Waals surface area contributed by atoms with E-state index >= 15 is 0 Å². The van der Waals surface area contributed by atoms with Gasteiger partial charge in [-0.25, -0.2) is 0 Å². The SMILES string of the molecule is C.C=CC1CN2CCC1CC2[C@@H](Nc1c(N[C@@H](c2ccnc3ccc(OC)cc23)C2CC3CCN2CC3C=C)c(=O)c1=O)c1ccnc2ccc(OC)cc12.C=CC1CN2CCC1CC2[C@@H](Nc1c(Nc2cc(C)cc(C(F)(F)F)c2)c(=O)c1=O)c1ccnc2ccc(OC)cc12. The zero-order valence-corrected chi connectivity index (χ0v) is 54.3. The van der Waals surface area contributed by atoms with Gasteiger partial charge in [0.2, 0.25) is 0 Å². The Morgan fingerprint density at radius 1 is 0.495 bits per heavy atom. The molecule has 12 heterocycles. The molecular formula is C77H83F3N10O7. The molecule has 12 unspecified atom stereocenters. The summed E-state index contributed by atoms with van der Waals surface area (Å²) in [5.41, 5.74) is 3.28. The average Bonchev–Trinajstić information content (AvgIpc) is 0.760. The van der Waals surface area contributed by atoms with Crippen LogP contribution in [-0.4, -0.2) is 108 Å². The minimum absolute atomic E-state index is 0. The number of aromatic nitrogens is 3. The van der Waals surface area contributed by atoms with Crippen molar-refractivity contribution < 1.29 is 27.4 Å². The van der Waals surface area contributed by atoms with Crippen LogP contribution in [0.15, 0.2) is 167 Å². The molecule has 17 nitrogen and oxygen atoms in total. The molecule has 97 heavy (non-hydrogen) atoms. The summed E-state index contributed by atoms with van der Waals surface area (Å²) in [7, 11) is 4.92. The van der Waals surface area contributed by atoms with Crippen LogP contribution in [0.4, 0.5) is 41.6 Å². The van der Waals surface area contributed by atoms with Crippen LogP contribution >= 0.6 is 0 Å². The number of anilines is 5. The van der Waals surface area contributed by atoms with E-state index < -0.39 is 39.5 Å². The van der Waals surface area contributed by atoms with Gasteiger partial charge in [0, 0.05) is 78.2 Å². The van der Waals surface area contributed by atoms with Crippen LogP contribution in [0.3, 0.4) is 0 Å². The van der Waals surface area contributed by atoms with Crippen molar-refractivity contribution in [3.63, 3.8) is 0 Å². The molecule has 6 bridgehead atoms. The van der Waals surface area contributed by atoms with Crippen molar-refractivity contribution in [1.82, 2.24) is 29.7 Å². The number of benzene rings is 4. The number of methoxy groups -OCH3 is 3. The maximum atomic E-state index is 13.8. The Morgan fingerprint density at radius 3 is 1.14 bits per heavy atom. The van der Waals surface area contributed by atoms with Gasteiger partial charge in [-0.3, -0.25) is 48.8 Å². The van der Waals surface area contributed by atoms with Gasteiger partial charge >= 0.3 is 6.18 Å². The third-order valence-corrected chi connectivity index (χ3v) is 22.0. The van der Waals surface area contributed by atoms with Crippen LogP contribution in [0.1, 0.15) is 91.9 Å². The first-order valence-electron chi connectivity index (χ1n) is 33.3. The molecule has 9 aliphatic rings. The molecule has 0 saturated carbocycles. The van der Waals surface area contributed by atoms with Crippen molar-refractivity contribution in [3.8, 4) is 17.2 Å². The quantitative estimate of drug-likeness (QED) is 0.0416. The fourth-order valence-corrected chi connectivity index (χ4v) is 16.9. The lowest BCUT2D eigenvalue weighted by Crippen LogP contribution is -2.57. The van der Waals surface area contributed by atoms with E-state index in [1.165, 1.54) is 6.07 Å². The van der Waals surface area contributed by atoms with Crippen LogP contribution in [0.2, 0.25) is 0 Å². The highest BCUT2D eigenvalue weighted by Crippen LogP contribution is 2.48. The predicted octanol–water partition coefficient (Wildman–Crippen LogP) is 13.1. The second-order valence-electron chi connectivity index (χ2n) is 27.0. The second-order valence-corrected chi connectivity index (χ2v) is 27.0. The topological polar surface area (TPSA) is 192 Å². The number of hydrogen-bond donors (Lipinski definition) is 4. The lowest BCUT2D eigenvalue weighted by molar-refractivity contribution is -0.137. The fraction of sp³-hybridized carbons (Fsp3) is 0.390. The summed E-state index contributed by atoms with van der Waals surface area (Å²) >= 11 is 0. The van der Waals surface area contributed by atoms with E-state index in [4.69, 9.17) is 14.2 Å². The van der Waals surface area contributed by atoms with Crippen LogP contribution in [0.5, 0.6) is 17.2 Å². The van der Waals surface area contributed by atoms with Crippen molar-refractivity contribution in [3.05, 3.63) is 216 Å². The summed E-state index contributed by atoms with van der Waals surface area (Å²) < 4.78 is 57.2. The molecule has 0 amide bonds. The third kappa shape index (κ3) is 12.3. The summed E-state index contributed by atoms with van der Waals surface area (Å²) in [5.74, 6) is 4.82. The van der Waals surface area contributed by atoms with E-state index in [0.29, 0.717) is 58.2 Å². The first-order valence-corrected chi connectivity index (χ1v) is 33.3. The Hall–Kier alpha value is -9.24. The van der Waals surface area contributed by atoms with E-state index in [2.05, 4.69) is 82.8 Å². The van der Waals surface area contributed by atoms with E-state index in [1.54, 1.807) is 34.4 Å². The molecule has 0 aliphatic carbocycles. The first kappa shape index (κ1) is 66.4. The fourth-order valence-electron chi connectivity index (χ4n) is 16.9. The van der Waals surface area contributed by atoms with Crippen molar-refractivity contribution in [1.29, 1.82) is 0 Å². The number of ether oxygens (including phenoxy) is 3. The van der Waals surface area contributed by atoms with E-state index in [0.717, 1.165) is 151 Å². The summed E-state index contributed by atoms with van der Waals surface area (Å²) in [6, 6.07) is 26.1. The zero-order valence-electron chi connectivity index (χ0n) is 54.3. The third-order valence-electron chi connectivity index (χ3n) is 22.0. The Balaban J connectivity index is 0.000000179. The number of fused-ring (bicyclic) bond motifs is 12. The van der Waals surface area contributed by atoms with Gasteiger partial charge in [-0.1, -0.05) is 25.7 Å². The highest BCUT2D eigenvalue weighted by molar-refractivity contribution is 5.88. The number of halogens is 3. The number of nitrogens with one attached hydrogen (secondary N) is 4. The van der Waals surface area contributed by atoms with Crippen LogP contribution in [0.25, 0.3) is 32.7 Å². The molecule has 504 valence electrons. The summed E-state index contributed by atoms with van der Waals surface area (Å²) in [6.45, 7) is 19.4. The van der Waals surface area contributed by atoms with E-state index in [9.17, 15) is 32.3 Å². The Kier molecular flexibility index (Phi) is 18.5. The molecular weight excluding hydrogens is 1230 g/mol. The smallest absolute Gasteiger partial charge is 0.416 e. The van der Waals surface area contributed by atoms with Crippen LogP contribution in [0, 0.1) is 42.4 Å². The van der Waals surface area contributed by atoms with Gasteiger partial charge in [-0.05, 0) is 214 Å². The largest absolute Gasteiger partial charge is 0.497 e. The average molecular weight is 1320 g/mol. The van der Waals surface area contributed by atoms with Gasteiger partial charge in [0.15, 0.2) is 0 Å². The second kappa shape index (κ2) is 27.0. The standard InChI is InChI=1S/C44H48N6O4.C32H31F3N4O3.CH4/c1-5-25-23-49-17-13-27(25)19-37(49)39(31-11-15-45-35-9-7-29(53-3)21-33(31)35)47-41-42(44(52)43(41)51)48-40(38-20-28-14-18-50(38)24-26(28)6-2)32-12-16-46-36-10-8-30(54-4)22-34(32)36;1-4-18-16-39-10-8-19(18)13-26(39)27(23-7-9-36-25-6-5-22(42-3)15-24(23)25)38-29-28(30(40)31(29)41)37-21-12-17(2)11-20(14-21)32(33,34)35;/h5-12,15-16,21-22,25-28,37-40,47-48H,1-2,13-14,17-20,23-24H2,3-4H3;4-7,9,11-12,14-15,18-19,26-27,37-38H,1,8,10,13,16H2,2-3H3;1H4/t25?,26?,27?,28?,37?,38?,39-,40-;18?,19?,26?,27-;/m00./s1. The van der Waals surface area contributed by atoms with Gasteiger partial charge in [0.05, 0.1) is 61.6 Å². The number of nitrogens with zero attached hydrogens (tertiary/aromatic N) is 6. The molecule has 9 saturated heterocycles. The molecule has 20 heteroatoms. The number of aryl methyl sites for hydroxylation is 1. The van der Waals surface area contributed by atoms with Gasteiger partial charge in [-0.2, -0.15) is 13.2 Å². The van der Waals surface area contributed by atoms with E-state index in [-0.39, 0.29) is 54.7 Å². The number of rotatable bonds is 20. The summed E-state index contributed by atoms with van der Waals surface area (Å²) in [4.78, 5) is 74.8. The van der Waals surface area contributed by atoms with Gasteiger partial charge in [-0.15, -0.1) is 19.7 Å². The highest BCUT2D eigenvalue weighted by Gasteiger charge is 2.48. The molecule has 9 aromatic rings. The lowest BCUT2D eigenvalue weighted by atomic mass is 9.72. The van der Waals surface area contributed by atoms with Gasteiger partial charge in [0.1, 0.15) is 40.0 Å². The molecule has 0 radical (unpaired) electrons. The highest BCUT2D eigenvalue weighted by atomic mass is 19.4. The maximum Gasteiger partial charge on any atom is 0.416 e. The Bertz CT molecular complexity index is 4480. The van der Waals surface area contributed by atoms with Crippen molar-refractivity contribution in [2.75, 3.05) is 81.9 Å². The van der Waals surface area contributed by atoms with Crippen molar-refractivity contribution in [2.45, 2.75) is 95.3 Å². The molecule has 6 aromatic carbocycles. The number of hydrogen-bond acceptors (Lipinski definition) is 17. The Morgan fingerprint density at radius 2 is 0.835 bits per heavy atom. The molecule has 15 atom stereocenters. The van der Waals surface area contributed by atoms with Crippen LogP contribution in [-0.2, 0) is 6.18 Å². The zero-order chi connectivity index (χ0) is 66.8. The summed E-state index contributed by atoms with van der Waals surface area (Å²) in [6.07, 6.45) is 13.1. The lowest BCUT2D eigenvalue weighted by Gasteiger charge is -2.52. The predicted molar refractivity (Wildman–Crippen MR) is 378 cm³/mol. The molecule has 18 rings (SSSR count). The van der Waals surface area contributed by atoms with Crippen LogP contribution < -0.4 is 57.2 Å². The van der Waals surface area contributed by atoms with E-state index in [1.807, 2.05) is 91.3 Å². The number of alkyl halides is 3. The molecule has 9 fully saturated rings. The van der Waals surface area contributed by atoms with Gasteiger partial charge in [0.25, 0.3) is 21.7 Å². The molecule has 9 aliphatic heterocycles. The monoisotopic (exact) mass is 1320 g/mol. The summed E-state index contributed by atoms with van der Waals surface area (Å²) in [5, 5.41) is 16.4. The molecule has 4 N–H and O–H groups in total. The minimum Gasteiger partial charge on any atom is -0.497 e. The van der Waals surface area contributed by atoms with Crippen molar-refractivity contribution in [2.24, 2.45) is 35.5 Å². The normalized spacial score (nSPS) is 25.7.